The van der Waals surface area contributed by atoms with E-state index in [4.69, 9.17) is 5.11 Å². The molecule has 1 aliphatic heterocycles. The number of carbonyl (C=O) groups excluding carboxylic acids is 1. The number of ketones is 1. The first-order valence-electron chi connectivity index (χ1n) is 5.03. The predicted molar refractivity (Wildman–Crippen MR) is 56.0 cm³/mol. The largest absolute Gasteiger partial charge is 0.389 e. The molecule has 1 atom stereocenters. The minimum atomic E-state index is -0.278. The fraction of sp³-hybridized carbons (Fsp3) is 0.900. The Morgan fingerprint density at radius 2 is 2.31 bits per heavy atom. The highest BCUT2D eigenvalue weighted by Crippen LogP contribution is 2.27. The summed E-state index contributed by atoms with van der Waals surface area (Å²) < 4.78 is 0. The third-order valence-electron chi connectivity index (χ3n) is 2.52. The summed E-state index contributed by atoms with van der Waals surface area (Å²) in [5.41, 5.74) is 0. The standard InChI is InChI=1S/C10H18O2S/c11-7-10(12)4-2-1-3-9-5-6-13-8-9/h9,11H,1-8H2. The summed E-state index contributed by atoms with van der Waals surface area (Å²) in [6.45, 7) is -0.278. The summed E-state index contributed by atoms with van der Waals surface area (Å²) in [4.78, 5) is 10.8. The third-order valence-corrected chi connectivity index (χ3v) is 3.75. The second-order valence-corrected chi connectivity index (χ2v) is 4.82. The first-order valence-corrected chi connectivity index (χ1v) is 6.18. The second kappa shape index (κ2) is 6.44. The lowest BCUT2D eigenvalue weighted by atomic mass is 10.0. The summed E-state index contributed by atoms with van der Waals surface area (Å²) in [6.07, 6.45) is 5.30. The highest BCUT2D eigenvalue weighted by atomic mass is 32.2. The van der Waals surface area contributed by atoms with Crippen LogP contribution >= 0.6 is 11.8 Å². The molecule has 0 amide bonds. The number of unbranched alkanes of at least 4 members (excludes halogenated alkanes) is 1. The van der Waals surface area contributed by atoms with Gasteiger partial charge in [-0.25, -0.2) is 0 Å². The maximum absolute atomic E-state index is 10.8. The fourth-order valence-electron chi connectivity index (χ4n) is 1.65. The van der Waals surface area contributed by atoms with E-state index in [1.807, 2.05) is 11.8 Å². The molecule has 2 nitrogen and oxygen atoms in total. The van der Waals surface area contributed by atoms with Gasteiger partial charge in [0, 0.05) is 6.42 Å². The molecule has 0 aromatic heterocycles. The van der Waals surface area contributed by atoms with Crippen LogP contribution in [0.5, 0.6) is 0 Å². The van der Waals surface area contributed by atoms with Crippen LogP contribution < -0.4 is 0 Å². The van der Waals surface area contributed by atoms with Crippen LogP contribution in [0.3, 0.4) is 0 Å². The Bertz CT molecular complexity index is 153. The summed E-state index contributed by atoms with van der Waals surface area (Å²) in [5.74, 6) is 3.52. The number of carbonyl (C=O) groups is 1. The molecule has 1 aliphatic rings. The minimum absolute atomic E-state index is 0.0132. The summed E-state index contributed by atoms with van der Waals surface area (Å²) in [6, 6.07) is 0. The molecule has 1 unspecified atom stereocenters. The molecule has 0 radical (unpaired) electrons. The van der Waals surface area contributed by atoms with Crippen molar-refractivity contribution in [2.45, 2.75) is 32.1 Å². The van der Waals surface area contributed by atoms with Gasteiger partial charge >= 0.3 is 0 Å². The number of aliphatic hydroxyl groups excluding tert-OH is 1. The molecule has 0 saturated carbocycles. The van der Waals surface area contributed by atoms with E-state index in [9.17, 15) is 4.79 Å². The fourth-order valence-corrected chi connectivity index (χ4v) is 2.98. The lowest BCUT2D eigenvalue weighted by Crippen LogP contribution is -2.04. The lowest BCUT2D eigenvalue weighted by molar-refractivity contribution is -0.121. The van der Waals surface area contributed by atoms with Gasteiger partial charge in [0.15, 0.2) is 5.78 Å². The average Bonchev–Trinajstić information content (AvgIpc) is 2.64. The van der Waals surface area contributed by atoms with Crippen molar-refractivity contribution >= 4 is 17.5 Å². The second-order valence-electron chi connectivity index (χ2n) is 3.67. The molecule has 1 N–H and O–H groups in total. The van der Waals surface area contributed by atoms with Gasteiger partial charge in [-0.3, -0.25) is 4.79 Å². The molecule has 76 valence electrons. The van der Waals surface area contributed by atoms with E-state index in [1.165, 1.54) is 24.3 Å². The molecule has 0 spiro atoms. The van der Waals surface area contributed by atoms with Crippen molar-refractivity contribution in [2.24, 2.45) is 5.92 Å². The van der Waals surface area contributed by atoms with E-state index in [1.54, 1.807) is 0 Å². The van der Waals surface area contributed by atoms with E-state index < -0.39 is 0 Å². The molecule has 1 rings (SSSR count). The quantitative estimate of drug-likeness (QED) is 0.668. The number of Topliss-reactive ketones (excluding diaryl/α,β-unsaturated/α-hetero) is 1. The molecule has 1 saturated heterocycles. The maximum Gasteiger partial charge on any atom is 0.158 e. The average molecular weight is 202 g/mol. The summed E-state index contributed by atoms with van der Waals surface area (Å²) in [7, 11) is 0. The van der Waals surface area contributed by atoms with Gasteiger partial charge in [-0.15, -0.1) is 0 Å². The van der Waals surface area contributed by atoms with Gasteiger partial charge in [0.25, 0.3) is 0 Å². The van der Waals surface area contributed by atoms with E-state index in [0.717, 1.165) is 18.8 Å². The monoisotopic (exact) mass is 202 g/mol. The van der Waals surface area contributed by atoms with Crippen molar-refractivity contribution in [1.29, 1.82) is 0 Å². The SMILES string of the molecule is O=C(CO)CCCCC1CCSC1. The van der Waals surface area contributed by atoms with Gasteiger partial charge in [0.05, 0.1) is 0 Å². The van der Waals surface area contributed by atoms with E-state index >= 15 is 0 Å². The van der Waals surface area contributed by atoms with Crippen molar-refractivity contribution in [2.75, 3.05) is 18.1 Å². The lowest BCUT2D eigenvalue weighted by Gasteiger charge is -2.06. The van der Waals surface area contributed by atoms with Crippen molar-refractivity contribution < 1.29 is 9.90 Å². The highest BCUT2D eigenvalue weighted by molar-refractivity contribution is 7.99. The van der Waals surface area contributed by atoms with Crippen molar-refractivity contribution in [3.8, 4) is 0 Å². The number of hydrogen-bond acceptors (Lipinski definition) is 3. The molecule has 0 aromatic rings. The van der Waals surface area contributed by atoms with Gasteiger partial charge in [0.2, 0.25) is 0 Å². The van der Waals surface area contributed by atoms with Crippen molar-refractivity contribution in [1.82, 2.24) is 0 Å². The Labute approximate surface area is 84.1 Å². The Balaban J connectivity index is 1.91. The minimum Gasteiger partial charge on any atom is -0.389 e. The smallest absolute Gasteiger partial charge is 0.158 e. The molecule has 0 bridgehead atoms. The van der Waals surface area contributed by atoms with Crippen LogP contribution in [0.15, 0.2) is 0 Å². The Morgan fingerprint density at radius 3 is 2.92 bits per heavy atom. The molecule has 3 heteroatoms. The first kappa shape index (κ1) is 11.1. The van der Waals surface area contributed by atoms with Gasteiger partial charge in [-0.2, -0.15) is 11.8 Å². The third kappa shape index (κ3) is 4.67. The van der Waals surface area contributed by atoms with Crippen LogP contribution in [-0.4, -0.2) is 29.0 Å². The Morgan fingerprint density at radius 1 is 1.46 bits per heavy atom. The van der Waals surface area contributed by atoms with Crippen molar-refractivity contribution in [3.05, 3.63) is 0 Å². The van der Waals surface area contributed by atoms with Crippen LogP contribution in [-0.2, 0) is 4.79 Å². The molecule has 1 heterocycles. The van der Waals surface area contributed by atoms with Gasteiger partial charge in [-0.1, -0.05) is 6.42 Å². The zero-order chi connectivity index (χ0) is 9.52. The molecular weight excluding hydrogens is 184 g/mol. The number of hydrogen-bond donors (Lipinski definition) is 1. The molecule has 0 aromatic carbocycles. The number of rotatable bonds is 6. The van der Waals surface area contributed by atoms with E-state index in [0.29, 0.717) is 6.42 Å². The highest BCUT2D eigenvalue weighted by Gasteiger charge is 2.14. The van der Waals surface area contributed by atoms with Crippen molar-refractivity contribution in [3.63, 3.8) is 0 Å². The normalized spacial score (nSPS) is 22.1. The Hall–Kier alpha value is -0.0200. The van der Waals surface area contributed by atoms with Gasteiger partial charge < -0.3 is 5.11 Å². The maximum atomic E-state index is 10.8. The van der Waals surface area contributed by atoms with Crippen LogP contribution in [0.2, 0.25) is 0 Å². The summed E-state index contributed by atoms with van der Waals surface area (Å²) in [5, 5.41) is 8.49. The molecule has 0 aliphatic carbocycles. The number of thioether (sulfide) groups is 1. The Kier molecular flexibility index (Phi) is 5.47. The zero-order valence-corrected chi connectivity index (χ0v) is 8.81. The van der Waals surface area contributed by atoms with Gasteiger partial charge in [-0.05, 0) is 36.7 Å². The topological polar surface area (TPSA) is 37.3 Å². The van der Waals surface area contributed by atoms with E-state index in [2.05, 4.69) is 0 Å². The van der Waals surface area contributed by atoms with Crippen LogP contribution in [0.1, 0.15) is 32.1 Å². The zero-order valence-electron chi connectivity index (χ0n) is 8.00. The van der Waals surface area contributed by atoms with Crippen LogP contribution in [0.25, 0.3) is 0 Å². The van der Waals surface area contributed by atoms with E-state index in [-0.39, 0.29) is 12.4 Å². The van der Waals surface area contributed by atoms with Gasteiger partial charge in [0.1, 0.15) is 6.61 Å². The molecule has 13 heavy (non-hydrogen) atoms. The molecular formula is C10H18O2S. The first-order chi connectivity index (χ1) is 6.33. The summed E-state index contributed by atoms with van der Waals surface area (Å²) >= 11 is 2.04. The van der Waals surface area contributed by atoms with Crippen LogP contribution in [0.4, 0.5) is 0 Å². The van der Waals surface area contributed by atoms with Crippen LogP contribution in [0, 0.1) is 5.92 Å². The predicted octanol–water partition coefficient (Wildman–Crippen LogP) is 1.86. The molecule has 1 fully saturated rings. The number of aliphatic hydroxyl groups is 1.